The van der Waals surface area contributed by atoms with Crippen molar-refractivity contribution in [1.29, 1.82) is 0 Å². The highest BCUT2D eigenvalue weighted by Crippen LogP contribution is 2.33. The molecule has 31 heavy (non-hydrogen) atoms. The van der Waals surface area contributed by atoms with Gasteiger partial charge in [-0.1, -0.05) is 0 Å². The molecule has 1 heterocycles. The van der Waals surface area contributed by atoms with E-state index in [0.717, 1.165) is 41.5 Å². The molecule has 0 radical (unpaired) electrons. The van der Waals surface area contributed by atoms with Crippen LogP contribution in [0.3, 0.4) is 0 Å². The van der Waals surface area contributed by atoms with E-state index in [1.807, 2.05) is 0 Å². The van der Waals surface area contributed by atoms with Gasteiger partial charge in [-0.15, -0.1) is 5.06 Å². The van der Waals surface area contributed by atoms with Crippen molar-refractivity contribution in [1.82, 2.24) is 5.06 Å². The van der Waals surface area contributed by atoms with E-state index < -0.39 is 73.0 Å². The molecule has 0 aliphatic carbocycles. The number of carbonyl (C=O) groups is 6. The zero-order chi connectivity index (χ0) is 23.9. The Hall–Kier alpha value is -3.22. The Morgan fingerprint density at radius 3 is 1.74 bits per heavy atom. The van der Waals surface area contributed by atoms with Gasteiger partial charge in [0.15, 0.2) is 18.3 Å². The van der Waals surface area contributed by atoms with Crippen LogP contribution in [0, 0.1) is 0 Å². The Bertz CT molecular complexity index is 735. The lowest BCUT2D eigenvalue weighted by Crippen LogP contribution is -2.50. The SMILES string of the molecule is CC(=O)OC[C@@H](OC(C)=O)[C@@H]1O[C@@H](N(OC(C)=O)C(C)=O)[C@H](OC(C)=O)[C@H]1OC(C)=O. The number of hydrogen-bond acceptors (Lipinski definition) is 12. The summed E-state index contributed by atoms with van der Waals surface area (Å²) in [6, 6.07) is 0. The van der Waals surface area contributed by atoms with Gasteiger partial charge < -0.3 is 28.5 Å². The van der Waals surface area contributed by atoms with Crippen LogP contribution < -0.4 is 0 Å². The van der Waals surface area contributed by atoms with Crippen LogP contribution in [-0.2, 0) is 57.3 Å². The lowest BCUT2D eigenvalue weighted by molar-refractivity contribution is -0.250. The fraction of sp³-hybridized carbons (Fsp3) is 0.667. The minimum absolute atomic E-state index is 0.496. The molecule has 0 aromatic heterocycles. The van der Waals surface area contributed by atoms with Crippen LogP contribution in [0.4, 0.5) is 0 Å². The lowest BCUT2D eigenvalue weighted by atomic mass is 10.0. The Morgan fingerprint density at radius 1 is 0.774 bits per heavy atom. The highest BCUT2D eigenvalue weighted by atomic mass is 16.8. The molecule has 1 rings (SSSR count). The molecule has 174 valence electrons. The summed E-state index contributed by atoms with van der Waals surface area (Å²) in [5.74, 6) is -4.80. The van der Waals surface area contributed by atoms with E-state index >= 15 is 0 Å². The minimum Gasteiger partial charge on any atom is -0.462 e. The maximum Gasteiger partial charge on any atom is 0.329 e. The van der Waals surface area contributed by atoms with Crippen LogP contribution in [0.2, 0.25) is 0 Å². The molecule has 5 atom stereocenters. The van der Waals surface area contributed by atoms with E-state index in [-0.39, 0.29) is 0 Å². The second kappa shape index (κ2) is 11.2. The molecule has 13 nitrogen and oxygen atoms in total. The van der Waals surface area contributed by atoms with Crippen molar-refractivity contribution in [2.45, 2.75) is 72.2 Å². The molecule has 13 heteroatoms. The minimum atomic E-state index is -1.56. The summed E-state index contributed by atoms with van der Waals surface area (Å²) in [6.45, 7) is 5.90. The van der Waals surface area contributed by atoms with Crippen molar-refractivity contribution < 1.29 is 57.3 Å². The first-order valence-electron chi connectivity index (χ1n) is 9.12. The van der Waals surface area contributed by atoms with Crippen LogP contribution in [-0.4, -0.2) is 78.1 Å². The third-order valence-corrected chi connectivity index (χ3v) is 3.73. The Labute approximate surface area is 177 Å². The van der Waals surface area contributed by atoms with Crippen molar-refractivity contribution >= 4 is 35.8 Å². The van der Waals surface area contributed by atoms with Crippen molar-refractivity contribution in [3.63, 3.8) is 0 Å². The summed E-state index contributed by atoms with van der Waals surface area (Å²) in [5, 5.41) is 0.503. The van der Waals surface area contributed by atoms with E-state index in [4.69, 9.17) is 28.5 Å². The first-order valence-corrected chi connectivity index (χ1v) is 9.12. The van der Waals surface area contributed by atoms with E-state index in [0.29, 0.717) is 5.06 Å². The van der Waals surface area contributed by atoms with Gasteiger partial charge >= 0.3 is 29.8 Å². The van der Waals surface area contributed by atoms with E-state index in [9.17, 15) is 28.8 Å². The molecule has 1 fully saturated rings. The van der Waals surface area contributed by atoms with Gasteiger partial charge in [0, 0.05) is 41.5 Å². The van der Waals surface area contributed by atoms with Gasteiger partial charge in [0.05, 0.1) is 0 Å². The Morgan fingerprint density at radius 2 is 1.32 bits per heavy atom. The topological polar surface area (TPSA) is 161 Å². The first-order chi connectivity index (χ1) is 14.3. The van der Waals surface area contributed by atoms with Gasteiger partial charge in [0.25, 0.3) is 5.91 Å². The van der Waals surface area contributed by atoms with Crippen molar-refractivity contribution in [2.75, 3.05) is 6.61 Å². The highest BCUT2D eigenvalue weighted by Gasteiger charge is 2.56. The number of amides is 1. The average molecular weight is 447 g/mol. The smallest absolute Gasteiger partial charge is 0.329 e. The standard InChI is InChI=1S/C18H25NO12/c1-8(20)19(31-13(6)25)18-17(29-12(5)24)16(28-11(4)23)15(30-18)14(27-10(3)22)7-26-9(2)21/h14-18H,7H2,1-6H3/t14-,15+,16+,17-,18-/m1/s1. The average Bonchev–Trinajstić information content (AvgIpc) is 2.92. The maximum absolute atomic E-state index is 12.1. The summed E-state index contributed by atoms with van der Waals surface area (Å²) < 4.78 is 26.1. The number of hydrogen-bond donors (Lipinski definition) is 0. The summed E-state index contributed by atoms with van der Waals surface area (Å²) in [7, 11) is 0. The molecule has 0 aromatic carbocycles. The summed E-state index contributed by atoms with van der Waals surface area (Å²) in [5.41, 5.74) is 0. The first kappa shape index (κ1) is 25.8. The molecule has 1 aliphatic heterocycles. The molecule has 1 aliphatic rings. The number of esters is 4. The van der Waals surface area contributed by atoms with Gasteiger partial charge in [-0.2, -0.15) is 0 Å². The number of hydroxylamine groups is 2. The van der Waals surface area contributed by atoms with Crippen LogP contribution >= 0.6 is 0 Å². The van der Waals surface area contributed by atoms with Gasteiger partial charge in [-0.25, -0.2) is 0 Å². The summed E-state index contributed by atoms with van der Waals surface area (Å²) >= 11 is 0. The molecule has 0 N–H and O–H groups in total. The van der Waals surface area contributed by atoms with Crippen LogP contribution in [0.25, 0.3) is 0 Å². The molecule has 0 unspecified atom stereocenters. The maximum atomic E-state index is 12.1. The Balaban J connectivity index is 3.44. The quantitative estimate of drug-likeness (QED) is 0.277. The summed E-state index contributed by atoms with van der Waals surface area (Å²) in [4.78, 5) is 74.6. The second-order valence-corrected chi connectivity index (χ2v) is 6.52. The molecule has 0 bridgehead atoms. The zero-order valence-electron chi connectivity index (χ0n) is 17.9. The largest absolute Gasteiger partial charge is 0.462 e. The summed E-state index contributed by atoms with van der Waals surface area (Å²) in [6.07, 6.45) is -7.12. The number of carbonyl (C=O) groups excluding carboxylic acids is 6. The van der Waals surface area contributed by atoms with E-state index in [1.165, 1.54) is 0 Å². The van der Waals surface area contributed by atoms with Crippen LogP contribution in [0.1, 0.15) is 41.5 Å². The molecule has 0 spiro atoms. The number of nitrogens with zero attached hydrogens (tertiary/aromatic N) is 1. The second-order valence-electron chi connectivity index (χ2n) is 6.52. The van der Waals surface area contributed by atoms with Gasteiger partial charge in [-0.05, 0) is 0 Å². The van der Waals surface area contributed by atoms with Crippen molar-refractivity contribution in [3.05, 3.63) is 0 Å². The molecule has 0 aromatic rings. The fourth-order valence-corrected chi connectivity index (χ4v) is 2.84. The zero-order valence-corrected chi connectivity index (χ0v) is 17.9. The van der Waals surface area contributed by atoms with Crippen LogP contribution in [0.5, 0.6) is 0 Å². The molecule has 0 saturated carbocycles. The lowest BCUT2D eigenvalue weighted by Gasteiger charge is -2.29. The predicted molar refractivity (Wildman–Crippen MR) is 96.2 cm³/mol. The fourth-order valence-electron chi connectivity index (χ4n) is 2.84. The van der Waals surface area contributed by atoms with Gasteiger partial charge in [-0.3, -0.25) is 28.8 Å². The molecular weight excluding hydrogens is 422 g/mol. The third kappa shape index (κ3) is 7.85. The number of rotatable bonds is 7. The Kier molecular flexibility index (Phi) is 9.37. The molecular formula is C18H25NO12. The van der Waals surface area contributed by atoms with Crippen molar-refractivity contribution in [2.24, 2.45) is 0 Å². The monoisotopic (exact) mass is 447 g/mol. The van der Waals surface area contributed by atoms with Crippen LogP contribution in [0.15, 0.2) is 0 Å². The highest BCUT2D eigenvalue weighted by molar-refractivity contribution is 5.75. The van der Waals surface area contributed by atoms with Gasteiger partial charge in [0.1, 0.15) is 12.7 Å². The van der Waals surface area contributed by atoms with Gasteiger partial charge in [0.2, 0.25) is 6.23 Å². The third-order valence-electron chi connectivity index (χ3n) is 3.73. The van der Waals surface area contributed by atoms with E-state index in [1.54, 1.807) is 0 Å². The molecule has 1 saturated heterocycles. The normalized spacial score (nSPS) is 23.2. The predicted octanol–water partition coefficient (Wildman–Crippen LogP) is -0.604. The number of ether oxygens (including phenoxy) is 5. The molecule has 1 amide bonds. The van der Waals surface area contributed by atoms with E-state index in [2.05, 4.69) is 0 Å². The van der Waals surface area contributed by atoms with Crippen molar-refractivity contribution in [3.8, 4) is 0 Å².